The van der Waals surface area contributed by atoms with Gasteiger partial charge in [-0.05, 0) is 6.42 Å². The lowest BCUT2D eigenvalue weighted by Gasteiger charge is -1.82. The first-order chi connectivity index (χ1) is 3.77. The Morgan fingerprint density at radius 1 is 1.38 bits per heavy atom. The molecule has 1 unspecified atom stereocenters. The Morgan fingerprint density at radius 2 is 1.75 bits per heavy atom. The molecule has 0 rings (SSSR count). The minimum atomic E-state index is -0.566. The van der Waals surface area contributed by atoms with E-state index in [0.29, 0.717) is 0 Å². The van der Waals surface area contributed by atoms with Crippen LogP contribution in [0, 0.1) is 0 Å². The fourth-order valence-electron chi connectivity index (χ4n) is 0.287. The molecule has 0 N–H and O–H groups in total. The number of rotatable bonds is 2. The summed E-state index contributed by atoms with van der Waals surface area (Å²) in [7, 11) is -0.566. The summed E-state index contributed by atoms with van der Waals surface area (Å²) in [6.45, 7) is 6.03. The van der Waals surface area contributed by atoms with Gasteiger partial charge in [-0.1, -0.05) is 20.8 Å². The summed E-state index contributed by atoms with van der Waals surface area (Å²) >= 11 is 0. The van der Waals surface area contributed by atoms with E-state index < -0.39 is 10.8 Å². The van der Waals surface area contributed by atoms with E-state index >= 15 is 0 Å². The van der Waals surface area contributed by atoms with Crippen LogP contribution in [0.2, 0.25) is 0 Å². The second kappa shape index (κ2) is 10.2. The van der Waals surface area contributed by atoms with Crippen molar-refractivity contribution in [1.29, 1.82) is 0 Å². The van der Waals surface area contributed by atoms with Crippen molar-refractivity contribution < 1.29 is 4.21 Å². The smallest absolute Gasteiger partial charge is 0.0229 e. The molecule has 8 heavy (non-hydrogen) atoms. The summed E-state index contributed by atoms with van der Waals surface area (Å²) in [6, 6.07) is 0. The topological polar surface area (TPSA) is 17.1 Å². The van der Waals surface area contributed by atoms with Gasteiger partial charge in [-0.25, -0.2) is 0 Å². The molecule has 52 valence electrons. The maximum atomic E-state index is 10.2. The van der Waals surface area contributed by atoms with E-state index in [1.165, 1.54) is 0 Å². The highest BCUT2D eigenvalue weighted by molar-refractivity contribution is 7.84. The van der Waals surface area contributed by atoms with Crippen LogP contribution in [0.25, 0.3) is 0 Å². The Kier molecular flexibility index (Phi) is 14.0. The molecular weight excluding hydrogens is 120 g/mol. The minimum absolute atomic E-state index is 0.566. The Bertz CT molecular complexity index is 52.5. The number of hydrogen-bond donors (Lipinski definition) is 0. The van der Waals surface area contributed by atoms with E-state index in [9.17, 15) is 4.21 Å². The molecule has 0 saturated heterocycles. The van der Waals surface area contributed by atoms with Crippen molar-refractivity contribution in [1.82, 2.24) is 0 Å². The molecule has 0 amide bonds. The van der Waals surface area contributed by atoms with Crippen molar-refractivity contribution in [3.05, 3.63) is 0 Å². The summed E-state index contributed by atoms with van der Waals surface area (Å²) < 4.78 is 10.2. The summed E-state index contributed by atoms with van der Waals surface area (Å²) in [5, 5.41) is 0. The van der Waals surface area contributed by atoms with Crippen molar-refractivity contribution in [2.45, 2.75) is 27.2 Å². The highest BCUT2D eigenvalue weighted by Crippen LogP contribution is 1.77. The van der Waals surface area contributed by atoms with Gasteiger partial charge in [0.25, 0.3) is 0 Å². The van der Waals surface area contributed by atoms with Gasteiger partial charge in [-0.15, -0.1) is 0 Å². The summed E-state index contributed by atoms with van der Waals surface area (Å²) in [6.07, 6.45) is 2.76. The Balaban J connectivity index is 0. The van der Waals surface area contributed by atoms with Crippen LogP contribution in [-0.4, -0.2) is 16.2 Å². The molecule has 0 aliphatic carbocycles. The first kappa shape index (κ1) is 11.0. The van der Waals surface area contributed by atoms with E-state index in [2.05, 4.69) is 0 Å². The molecule has 0 bridgehead atoms. The Labute approximate surface area is 54.9 Å². The van der Waals surface area contributed by atoms with Gasteiger partial charge in [0, 0.05) is 22.8 Å². The monoisotopic (exact) mass is 136 g/mol. The van der Waals surface area contributed by atoms with Crippen LogP contribution in [0.1, 0.15) is 27.2 Å². The zero-order valence-corrected chi connectivity index (χ0v) is 7.05. The third-order valence-corrected chi connectivity index (χ3v) is 1.47. The van der Waals surface area contributed by atoms with Crippen LogP contribution < -0.4 is 0 Å². The second-order valence-electron chi connectivity index (χ2n) is 1.28. The van der Waals surface area contributed by atoms with E-state index in [0.717, 1.165) is 12.2 Å². The molecular formula is C6H16OS. The fraction of sp³-hybridized carbons (Fsp3) is 1.00. The molecule has 2 heteroatoms. The summed E-state index contributed by atoms with van der Waals surface area (Å²) in [5.41, 5.74) is 0. The van der Waals surface area contributed by atoms with Gasteiger partial charge in [0.1, 0.15) is 0 Å². The van der Waals surface area contributed by atoms with Crippen molar-refractivity contribution in [2.75, 3.05) is 12.0 Å². The van der Waals surface area contributed by atoms with Crippen LogP contribution in [0.4, 0.5) is 0 Å². The van der Waals surface area contributed by atoms with Gasteiger partial charge >= 0.3 is 0 Å². The Morgan fingerprint density at radius 3 is 1.75 bits per heavy atom. The molecule has 1 atom stereocenters. The van der Waals surface area contributed by atoms with Gasteiger partial charge in [0.05, 0.1) is 0 Å². The molecule has 0 aromatic heterocycles. The number of hydrogen-bond acceptors (Lipinski definition) is 1. The predicted molar refractivity (Wildman–Crippen MR) is 40.6 cm³/mol. The van der Waals surface area contributed by atoms with Crippen LogP contribution in [0.15, 0.2) is 0 Å². The van der Waals surface area contributed by atoms with E-state index in [4.69, 9.17) is 0 Å². The zero-order valence-electron chi connectivity index (χ0n) is 6.23. The quantitative estimate of drug-likeness (QED) is 0.565. The van der Waals surface area contributed by atoms with Crippen LogP contribution in [0.3, 0.4) is 0 Å². The van der Waals surface area contributed by atoms with Gasteiger partial charge in [0.15, 0.2) is 0 Å². The zero-order chi connectivity index (χ0) is 6.99. The molecule has 0 heterocycles. The van der Waals surface area contributed by atoms with Crippen molar-refractivity contribution in [3.63, 3.8) is 0 Å². The molecule has 0 aromatic rings. The molecule has 0 saturated carbocycles. The van der Waals surface area contributed by atoms with Gasteiger partial charge in [-0.2, -0.15) is 0 Å². The predicted octanol–water partition coefficient (Wildman–Crippen LogP) is 1.80. The lowest BCUT2D eigenvalue weighted by molar-refractivity contribution is 0.685. The normalized spacial score (nSPS) is 11.5. The average Bonchev–Trinajstić information content (AvgIpc) is 1.72. The second-order valence-corrected chi connectivity index (χ2v) is 2.83. The molecule has 0 aromatic carbocycles. The maximum Gasteiger partial charge on any atom is 0.0229 e. The van der Waals surface area contributed by atoms with Crippen molar-refractivity contribution >= 4 is 10.8 Å². The van der Waals surface area contributed by atoms with Gasteiger partial charge < -0.3 is 0 Å². The molecule has 0 radical (unpaired) electrons. The SMILES string of the molecule is CC.CCCS(C)=O. The third kappa shape index (κ3) is 16.4. The van der Waals surface area contributed by atoms with Gasteiger partial charge in [0.2, 0.25) is 0 Å². The van der Waals surface area contributed by atoms with Gasteiger partial charge in [-0.3, -0.25) is 4.21 Å². The molecule has 1 nitrogen and oxygen atoms in total. The standard InChI is InChI=1S/C4H10OS.C2H6/c1-3-4-6(2)5;1-2/h3-4H2,1-2H3;1-2H3. The maximum absolute atomic E-state index is 10.2. The van der Waals surface area contributed by atoms with Crippen molar-refractivity contribution in [3.8, 4) is 0 Å². The van der Waals surface area contributed by atoms with Crippen LogP contribution >= 0.6 is 0 Å². The van der Waals surface area contributed by atoms with E-state index in [-0.39, 0.29) is 0 Å². The summed E-state index contributed by atoms with van der Waals surface area (Å²) in [5.74, 6) is 0.847. The third-order valence-electron chi connectivity index (χ3n) is 0.492. The minimum Gasteiger partial charge on any atom is -0.260 e. The fourth-order valence-corrected chi connectivity index (χ4v) is 0.862. The first-order valence-corrected chi connectivity index (χ1v) is 4.80. The lowest BCUT2D eigenvalue weighted by atomic mass is 10.6. The average molecular weight is 136 g/mol. The van der Waals surface area contributed by atoms with E-state index in [1.54, 1.807) is 6.26 Å². The highest BCUT2D eigenvalue weighted by Gasteiger charge is 1.80. The molecule has 0 aliphatic heterocycles. The first-order valence-electron chi connectivity index (χ1n) is 3.07. The molecule has 0 aliphatic rings. The highest BCUT2D eigenvalue weighted by atomic mass is 32.2. The molecule has 0 spiro atoms. The van der Waals surface area contributed by atoms with Crippen LogP contribution in [-0.2, 0) is 10.8 Å². The summed E-state index contributed by atoms with van der Waals surface area (Å²) in [4.78, 5) is 0. The van der Waals surface area contributed by atoms with Crippen molar-refractivity contribution in [2.24, 2.45) is 0 Å². The van der Waals surface area contributed by atoms with E-state index in [1.807, 2.05) is 20.8 Å². The molecule has 0 fully saturated rings. The Hall–Kier alpha value is 0.150. The largest absolute Gasteiger partial charge is 0.260 e. The lowest BCUT2D eigenvalue weighted by Crippen LogP contribution is -1.89. The van der Waals surface area contributed by atoms with Crippen LogP contribution in [0.5, 0.6) is 0 Å².